The smallest absolute Gasteiger partial charge is 0.185 e. The lowest BCUT2D eigenvalue weighted by molar-refractivity contribution is 0.295. The second kappa shape index (κ2) is 5.95. The molecule has 0 saturated carbocycles. The Morgan fingerprint density at radius 2 is 2.08 bits per heavy atom. The molecule has 1 unspecified atom stereocenters. The van der Waals surface area contributed by atoms with Gasteiger partial charge in [0.05, 0.1) is 6.07 Å². The summed E-state index contributed by atoms with van der Waals surface area (Å²) in [5.74, 6) is 0. The van der Waals surface area contributed by atoms with E-state index in [-0.39, 0.29) is 6.10 Å². The predicted octanol–water partition coefficient (Wildman–Crippen LogP) is 3.09. The normalized spacial score (nSPS) is 14.4. The van der Waals surface area contributed by atoms with Crippen molar-refractivity contribution in [1.29, 1.82) is 5.26 Å². The third kappa shape index (κ3) is 7.76. The summed E-state index contributed by atoms with van der Waals surface area (Å²) in [6, 6.07) is 2.14. The van der Waals surface area contributed by atoms with E-state index >= 15 is 0 Å². The molecule has 0 N–H and O–H groups in total. The van der Waals surface area contributed by atoms with Gasteiger partial charge in [0.15, 0.2) is 14.4 Å². The van der Waals surface area contributed by atoms with Crippen molar-refractivity contribution in [3.63, 3.8) is 0 Å². The average molecular weight is 197 g/mol. The number of hydrogen-bond donors (Lipinski definition) is 0. The van der Waals surface area contributed by atoms with Gasteiger partial charge >= 0.3 is 0 Å². The van der Waals surface area contributed by atoms with Gasteiger partial charge in [-0.2, -0.15) is 5.26 Å². The second-order valence-corrected chi connectivity index (χ2v) is 8.46. The highest BCUT2D eigenvalue weighted by atomic mass is 28.4. The largest absolute Gasteiger partial charge is 0.399 e. The molecule has 2 nitrogen and oxygen atoms in total. The molecule has 74 valence electrons. The molecule has 0 bridgehead atoms. The van der Waals surface area contributed by atoms with Gasteiger partial charge < -0.3 is 4.43 Å². The highest BCUT2D eigenvalue weighted by molar-refractivity contribution is 6.69. The number of hydrogen-bond acceptors (Lipinski definition) is 2. The van der Waals surface area contributed by atoms with E-state index in [0.717, 1.165) is 12.8 Å². The Hall–Kier alpha value is -0.593. The maximum Gasteiger partial charge on any atom is 0.185 e. The lowest BCUT2D eigenvalue weighted by atomic mass is 10.3. The third-order valence-corrected chi connectivity index (χ3v) is 2.34. The first-order valence-corrected chi connectivity index (χ1v) is 8.14. The van der Waals surface area contributed by atoms with Crippen LogP contribution in [0.3, 0.4) is 0 Å². The van der Waals surface area contributed by atoms with Crippen LogP contribution in [-0.4, -0.2) is 14.4 Å². The molecule has 1 atom stereocenters. The van der Waals surface area contributed by atoms with Crippen molar-refractivity contribution in [2.45, 2.75) is 45.5 Å². The molecule has 0 heterocycles. The standard InChI is InChI=1S/C10H19NOSi/c1-5-6-7-8-10(9-11)12-13(2,3)4/h7-8,10H,5-6H2,1-4H3/b8-7+. The van der Waals surface area contributed by atoms with Crippen LogP contribution in [0.4, 0.5) is 0 Å². The molecule has 0 aliphatic heterocycles. The van der Waals surface area contributed by atoms with E-state index < -0.39 is 8.32 Å². The van der Waals surface area contributed by atoms with Gasteiger partial charge in [-0.05, 0) is 32.1 Å². The van der Waals surface area contributed by atoms with Crippen LogP contribution in [0.5, 0.6) is 0 Å². The molecule has 0 saturated heterocycles. The van der Waals surface area contributed by atoms with Gasteiger partial charge in [-0.15, -0.1) is 0 Å². The number of unbranched alkanes of at least 4 members (excludes halogenated alkanes) is 1. The maximum atomic E-state index is 8.78. The molecule has 0 aliphatic carbocycles. The number of nitrogens with zero attached hydrogens (tertiary/aromatic N) is 1. The molecular weight excluding hydrogens is 178 g/mol. The molecular formula is C10H19NOSi. The minimum atomic E-state index is -1.58. The Kier molecular flexibility index (Phi) is 5.68. The van der Waals surface area contributed by atoms with Gasteiger partial charge in [0.2, 0.25) is 0 Å². The van der Waals surface area contributed by atoms with Crippen molar-refractivity contribution in [2.24, 2.45) is 0 Å². The first-order valence-electron chi connectivity index (χ1n) is 4.73. The van der Waals surface area contributed by atoms with Gasteiger partial charge in [-0.3, -0.25) is 0 Å². The van der Waals surface area contributed by atoms with E-state index in [2.05, 4.69) is 32.6 Å². The first-order chi connectivity index (χ1) is 5.99. The Balaban J connectivity index is 3.99. The number of allylic oxidation sites excluding steroid dienone is 1. The van der Waals surface area contributed by atoms with Crippen molar-refractivity contribution >= 4 is 8.32 Å². The zero-order valence-corrected chi connectivity index (χ0v) is 10.0. The number of nitriles is 1. The van der Waals surface area contributed by atoms with E-state index in [1.54, 1.807) is 0 Å². The van der Waals surface area contributed by atoms with Crippen LogP contribution in [0.15, 0.2) is 12.2 Å². The summed E-state index contributed by atoms with van der Waals surface area (Å²) in [5, 5.41) is 8.78. The number of rotatable bonds is 5. The van der Waals surface area contributed by atoms with E-state index in [1.807, 2.05) is 12.2 Å². The fraction of sp³-hybridized carbons (Fsp3) is 0.700. The van der Waals surface area contributed by atoms with E-state index in [4.69, 9.17) is 9.69 Å². The van der Waals surface area contributed by atoms with Crippen LogP contribution in [0.25, 0.3) is 0 Å². The quantitative estimate of drug-likeness (QED) is 0.501. The first kappa shape index (κ1) is 12.4. The monoisotopic (exact) mass is 197 g/mol. The molecule has 0 fully saturated rings. The lowest BCUT2D eigenvalue weighted by Gasteiger charge is -2.19. The summed E-state index contributed by atoms with van der Waals surface area (Å²) in [7, 11) is -1.58. The molecule has 3 heteroatoms. The minimum absolute atomic E-state index is 0.349. The molecule has 13 heavy (non-hydrogen) atoms. The average Bonchev–Trinajstić information content (AvgIpc) is 2.01. The van der Waals surface area contributed by atoms with Crippen molar-refractivity contribution in [2.75, 3.05) is 0 Å². The predicted molar refractivity (Wildman–Crippen MR) is 57.9 cm³/mol. The summed E-state index contributed by atoms with van der Waals surface area (Å²) in [5.41, 5.74) is 0. The van der Waals surface area contributed by atoms with Crippen molar-refractivity contribution in [3.8, 4) is 6.07 Å². The van der Waals surface area contributed by atoms with Gasteiger partial charge in [-0.25, -0.2) is 0 Å². The SMILES string of the molecule is CCC/C=C/C(C#N)O[Si](C)(C)C. The zero-order chi connectivity index (χ0) is 10.3. The molecule has 0 spiro atoms. The molecule has 0 amide bonds. The van der Waals surface area contributed by atoms with E-state index in [9.17, 15) is 0 Å². The summed E-state index contributed by atoms with van der Waals surface area (Å²) in [6.07, 6.45) is 5.67. The third-order valence-electron chi connectivity index (χ3n) is 1.37. The Morgan fingerprint density at radius 3 is 2.46 bits per heavy atom. The summed E-state index contributed by atoms with van der Waals surface area (Å²) in [4.78, 5) is 0. The topological polar surface area (TPSA) is 33.0 Å². The van der Waals surface area contributed by atoms with Crippen LogP contribution >= 0.6 is 0 Å². The van der Waals surface area contributed by atoms with Gasteiger partial charge in [-0.1, -0.05) is 19.4 Å². The van der Waals surface area contributed by atoms with Crippen LogP contribution < -0.4 is 0 Å². The molecule has 0 aromatic heterocycles. The molecule has 0 aromatic rings. The lowest BCUT2D eigenvalue weighted by Crippen LogP contribution is -2.30. The summed E-state index contributed by atoms with van der Waals surface area (Å²) < 4.78 is 5.62. The van der Waals surface area contributed by atoms with E-state index in [1.165, 1.54) is 0 Å². The van der Waals surface area contributed by atoms with Crippen molar-refractivity contribution in [1.82, 2.24) is 0 Å². The molecule has 0 aliphatic rings. The highest BCUT2D eigenvalue weighted by Gasteiger charge is 2.18. The van der Waals surface area contributed by atoms with Crippen LogP contribution in [-0.2, 0) is 4.43 Å². The van der Waals surface area contributed by atoms with Gasteiger partial charge in [0.25, 0.3) is 0 Å². The second-order valence-electron chi connectivity index (χ2n) is 4.00. The van der Waals surface area contributed by atoms with Crippen molar-refractivity contribution < 1.29 is 4.43 Å². The minimum Gasteiger partial charge on any atom is -0.399 e. The van der Waals surface area contributed by atoms with E-state index in [0.29, 0.717) is 0 Å². The molecule has 0 radical (unpaired) electrons. The Labute approximate surface area is 82.3 Å². The van der Waals surface area contributed by atoms with Crippen LogP contribution in [0.1, 0.15) is 19.8 Å². The zero-order valence-electron chi connectivity index (χ0n) is 9.00. The summed E-state index contributed by atoms with van der Waals surface area (Å²) >= 11 is 0. The Morgan fingerprint density at radius 1 is 1.46 bits per heavy atom. The highest BCUT2D eigenvalue weighted by Crippen LogP contribution is 2.08. The fourth-order valence-electron chi connectivity index (χ4n) is 0.876. The summed E-state index contributed by atoms with van der Waals surface area (Å²) in [6.45, 7) is 8.38. The van der Waals surface area contributed by atoms with Crippen molar-refractivity contribution in [3.05, 3.63) is 12.2 Å². The Bertz CT molecular complexity index is 200. The van der Waals surface area contributed by atoms with Crippen LogP contribution in [0.2, 0.25) is 19.6 Å². The molecule has 0 rings (SSSR count). The maximum absolute atomic E-state index is 8.78. The van der Waals surface area contributed by atoms with Gasteiger partial charge in [0, 0.05) is 0 Å². The fourth-order valence-corrected chi connectivity index (χ4v) is 1.77. The molecule has 0 aromatic carbocycles. The van der Waals surface area contributed by atoms with Crippen LogP contribution in [0, 0.1) is 11.3 Å². The van der Waals surface area contributed by atoms with Gasteiger partial charge in [0.1, 0.15) is 0 Å².